The number of piperazine rings is 1. The second-order valence-electron chi connectivity index (χ2n) is 8.02. The molecular weight excluding hydrogens is 390 g/mol. The summed E-state index contributed by atoms with van der Waals surface area (Å²) in [5.41, 5.74) is 1.26. The van der Waals surface area contributed by atoms with E-state index in [1.165, 1.54) is 0 Å². The summed E-state index contributed by atoms with van der Waals surface area (Å²) in [4.78, 5) is 20.0. The van der Waals surface area contributed by atoms with Crippen molar-refractivity contribution in [3.63, 3.8) is 0 Å². The smallest absolute Gasteiger partial charge is 0.239 e. The first kappa shape index (κ1) is 19.9. The molecule has 0 radical (unpaired) electrons. The van der Waals surface area contributed by atoms with Gasteiger partial charge in [0, 0.05) is 51.2 Å². The summed E-state index contributed by atoms with van der Waals surface area (Å²) in [7, 11) is 1.90. The maximum atomic E-state index is 13.2. The minimum atomic E-state index is -0.661. The first-order valence-electron chi connectivity index (χ1n) is 9.71. The maximum absolute atomic E-state index is 13.2. The molecule has 29 heavy (non-hydrogen) atoms. The highest BCUT2D eigenvalue weighted by molar-refractivity contribution is 6.33. The summed E-state index contributed by atoms with van der Waals surface area (Å²) in [6, 6.07) is 3.44. The molecule has 1 amide bonds. The molecule has 1 saturated heterocycles. The Morgan fingerprint density at radius 3 is 3.00 bits per heavy atom. The maximum Gasteiger partial charge on any atom is 0.239 e. The van der Waals surface area contributed by atoms with Crippen molar-refractivity contribution in [2.45, 2.75) is 32.0 Å². The van der Waals surface area contributed by atoms with Gasteiger partial charge in [0.25, 0.3) is 0 Å². The summed E-state index contributed by atoms with van der Waals surface area (Å²) >= 11 is 6.28. The molecule has 3 aromatic heterocycles. The van der Waals surface area contributed by atoms with Crippen molar-refractivity contribution >= 4 is 23.0 Å². The van der Waals surface area contributed by atoms with Gasteiger partial charge < -0.3 is 15.0 Å². The number of nitrogens with zero attached hydrogens (tertiary/aromatic N) is 5. The Bertz CT molecular complexity index is 1020. The van der Waals surface area contributed by atoms with Crippen molar-refractivity contribution in [3.8, 4) is 0 Å². The molecule has 9 heteroatoms. The average molecular weight is 416 g/mol. The number of hydrogen-bond donors (Lipinski definition) is 2. The molecule has 1 atom stereocenters. The third-order valence-electron chi connectivity index (χ3n) is 5.31. The van der Waals surface area contributed by atoms with Gasteiger partial charge in [-0.3, -0.25) is 14.4 Å². The zero-order valence-corrected chi connectivity index (χ0v) is 17.6. The predicted octanol–water partition coefficient (Wildman–Crippen LogP) is 1.55. The van der Waals surface area contributed by atoms with E-state index in [1.807, 2.05) is 56.0 Å². The molecule has 4 heterocycles. The van der Waals surface area contributed by atoms with Gasteiger partial charge in [0.05, 0.1) is 28.5 Å². The average Bonchev–Trinajstić information content (AvgIpc) is 3.29. The van der Waals surface area contributed by atoms with Crippen molar-refractivity contribution in [2.75, 3.05) is 19.6 Å². The molecule has 1 fully saturated rings. The van der Waals surface area contributed by atoms with Crippen LogP contribution < -0.4 is 10.6 Å². The SMILES string of the molecule is Cn1cc(CN2CCNC[C@H]2C(=O)NC(C)(C)c2ncc3c(Cl)cccn23)cn1. The standard InChI is InChI=1S/C20H26ClN7O/c1-20(2,19-23-11-16-15(21)5-4-7-28(16)19)25-18(29)17-10-22-6-8-27(17)13-14-9-24-26(3)12-14/h4-5,7,9,11-12,17,22H,6,8,10,13H2,1-3H3,(H,25,29)/t17-/m0/s1. The summed E-state index contributed by atoms with van der Waals surface area (Å²) < 4.78 is 3.71. The van der Waals surface area contributed by atoms with E-state index >= 15 is 0 Å². The highest BCUT2D eigenvalue weighted by atomic mass is 35.5. The third-order valence-corrected chi connectivity index (χ3v) is 5.63. The molecule has 0 saturated carbocycles. The second kappa shape index (κ2) is 7.78. The second-order valence-corrected chi connectivity index (χ2v) is 8.43. The van der Waals surface area contributed by atoms with Crippen LogP contribution in [0.15, 0.2) is 36.9 Å². The first-order chi connectivity index (χ1) is 13.8. The lowest BCUT2D eigenvalue weighted by atomic mass is 10.0. The molecule has 4 rings (SSSR count). The van der Waals surface area contributed by atoms with Crippen LogP contribution in [-0.4, -0.2) is 55.6 Å². The number of imidazole rings is 1. The topological polar surface area (TPSA) is 79.5 Å². The van der Waals surface area contributed by atoms with Crippen molar-refractivity contribution in [1.82, 2.24) is 34.7 Å². The van der Waals surface area contributed by atoms with Gasteiger partial charge >= 0.3 is 0 Å². The zero-order valence-electron chi connectivity index (χ0n) is 16.9. The van der Waals surface area contributed by atoms with Gasteiger partial charge in [-0.2, -0.15) is 5.10 Å². The Labute approximate surface area is 174 Å². The molecule has 154 valence electrons. The van der Waals surface area contributed by atoms with Gasteiger partial charge in [0.2, 0.25) is 5.91 Å². The van der Waals surface area contributed by atoms with E-state index in [0.717, 1.165) is 30.0 Å². The highest BCUT2D eigenvalue weighted by Crippen LogP contribution is 2.25. The van der Waals surface area contributed by atoms with Crippen LogP contribution in [0, 0.1) is 0 Å². The molecule has 0 unspecified atom stereocenters. The number of carbonyl (C=O) groups is 1. The fraction of sp³-hybridized carbons (Fsp3) is 0.450. The minimum Gasteiger partial charge on any atom is -0.343 e. The summed E-state index contributed by atoms with van der Waals surface area (Å²) in [5, 5.41) is 11.4. The molecule has 0 bridgehead atoms. The number of halogens is 1. The number of aromatic nitrogens is 4. The zero-order chi connectivity index (χ0) is 20.6. The number of pyridine rings is 1. The minimum absolute atomic E-state index is 0.0233. The van der Waals surface area contributed by atoms with Gasteiger partial charge in [-0.1, -0.05) is 11.6 Å². The van der Waals surface area contributed by atoms with Gasteiger partial charge in [-0.25, -0.2) is 4.98 Å². The Hall–Kier alpha value is -2.42. The fourth-order valence-electron chi connectivity index (χ4n) is 3.88. The molecule has 3 aromatic rings. The van der Waals surface area contributed by atoms with Crippen LogP contribution in [-0.2, 0) is 23.9 Å². The van der Waals surface area contributed by atoms with Crippen molar-refractivity contribution in [1.29, 1.82) is 0 Å². The van der Waals surface area contributed by atoms with Crippen molar-refractivity contribution in [2.24, 2.45) is 7.05 Å². The normalized spacial score (nSPS) is 18.3. The van der Waals surface area contributed by atoms with Crippen LogP contribution in [0.4, 0.5) is 0 Å². The number of nitrogens with one attached hydrogen (secondary N) is 2. The molecule has 0 aliphatic carbocycles. The Morgan fingerprint density at radius 2 is 2.24 bits per heavy atom. The van der Waals surface area contributed by atoms with E-state index in [2.05, 4.69) is 25.6 Å². The molecule has 2 N–H and O–H groups in total. The van der Waals surface area contributed by atoms with Gasteiger partial charge in [-0.05, 0) is 26.0 Å². The van der Waals surface area contributed by atoms with E-state index in [9.17, 15) is 4.79 Å². The number of amides is 1. The van der Waals surface area contributed by atoms with Crippen LogP contribution in [0.1, 0.15) is 25.2 Å². The quantitative estimate of drug-likeness (QED) is 0.661. The predicted molar refractivity (Wildman–Crippen MR) is 112 cm³/mol. The Morgan fingerprint density at radius 1 is 1.41 bits per heavy atom. The van der Waals surface area contributed by atoms with Crippen LogP contribution in [0.25, 0.3) is 5.52 Å². The summed E-state index contributed by atoms with van der Waals surface area (Å²) in [6.45, 7) is 6.88. The Kier molecular flexibility index (Phi) is 5.33. The lowest BCUT2D eigenvalue weighted by molar-refractivity contribution is -0.129. The van der Waals surface area contributed by atoms with Crippen LogP contribution in [0.5, 0.6) is 0 Å². The number of fused-ring (bicyclic) bond motifs is 1. The van der Waals surface area contributed by atoms with Crippen molar-refractivity contribution < 1.29 is 4.79 Å². The molecule has 0 spiro atoms. The summed E-state index contributed by atoms with van der Waals surface area (Å²) in [5.74, 6) is 0.718. The van der Waals surface area contributed by atoms with Gasteiger partial charge in [-0.15, -0.1) is 0 Å². The van der Waals surface area contributed by atoms with Crippen LogP contribution in [0.3, 0.4) is 0 Å². The van der Waals surface area contributed by atoms with E-state index < -0.39 is 5.54 Å². The highest BCUT2D eigenvalue weighted by Gasteiger charge is 2.34. The first-order valence-corrected chi connectivity index (χ1v) is 10.1. The van der Waals surface area contributed by atoms with Crippen LogP contribution in [0.2, 0.25) is 5.02 Å². The fourth-order valence-corrected chi connectivity index (χ4v) is 4.09. The Balaban J connectivity index is 1.53. The largest absolute Gasteiger partial charge is 0.343 e. The monoisotopic (exact) mass is 415 g/mol. The third kappa shape index (κ3) is 4.01. The van der Waals surface area contributed by atoms with Crippen molar-refractivity contribution in [3.05, 3.63) is 53.3 Å². The number of hydrogen-bond acceptors (Lipinski definition) is 5. The van der Waals surface area contributed by atoms with E-state index in [0.29, 0.717) is 18.1 Å². The molecule has 1 aliphatic heterocycles. The molecule has 0 aromatic carbocycles. The summed E-state index contributed by atoms with van der Waals surface area (Å²) in [6.07, 6.45) is 7.49. The van der Waals surface area contributed by atoms with E-state index in [4.69, 9.17) is 11.6 Å². The van der Waals surface area contributed by atoms with Gasteiger partial charge in [0.15, 0.2) is 0 Å². The number of rotatable bonds is 5. The number of carbonyl (C=O) groups excluding carboxylic acids is 1. The van der Waals surface area contributed by atoms with Crippen LogP contribution >= 0.6 is 11.6 Å². The number of aryl methyl sites for hydroxylation is 1. The molecular formula is C20H26ClN7O. The van der Waals surface area contributed by atoms with E-state index in [1.54, 1.807) is 10.9 Å². The van der Waals surface area contributed by atoms with E-state index in [-0.39, 0.29) is 11.9 Å². The molecule has 8 nitrogen and oxygen atoms in total. The lowest BCUT2D eigenvalue weighted by Gasteiger charge is -2.37. The lowest BCUT2D eigenvalue weighted by Crippen LogP contribution is -2.59. The molecule has 1 aliphatic rings. The van der Waals surface area contributed by atoms with Gasteiger partial charge in [0.1, 0.15) is 11.9 Å².